The summed E-state index contributed by atoms with van der Waals surface area (Å²) in [7, 11) is 0. The van der Waals surface area contributed by atoms with Gasteiger partial charge in [0.15, 0.2) is 0 Å². The Hall–Kier alpha value is -1.06. The number of esters is 2. The van der Waals surface area contributed by atoms with Crippen LogP contribution in [0.3, 0.4) is 0 Å². The summed E-state index contributed by atoms with van der Waals surface area (Å²) in [4.78, 5) is 20.7. The maximum atomic E-state index is 10.4. The zero-order valence-electron chi connectivity index (χ0n) is 8.62. The fourth-order valence-electron chi connectivity index (χ4n) is 1.19. The molecule has 0 amide bonds. The first-order valence-electron chi connectivity index (χ1n) is 4.94. The second kappa shape index (κ2) is 4.98. The van der Waals surface area contributed by atoms with E-state index in [0.29, 0.717) is 13.2 Å². The van der Waals surface area contributed by atoms with Crippen molar-refractivity contribution in [3.8, 4) is 0 Å². The van der Waals surface area contributed by atoms with E-state index in [9.17, 15) is 9.59 Å². The molecule has 2 heterocycles. The molecule has 0 aliphatic carbocycles. The van der Waals surface area contributed by atoms with Crippen LogP contribution in [0.1, 0.15) is 26.7 Å². The zero-order valence-corrected chi connectivity index (χ0v) is 8.62. The molecule has 0 saturated carbocycles. The first kappa shape index (κ1) is 11.0. The molecule has 80 valence electrons. The largest absolute Gasteiger partial charge is 0.465 e. The average molecular weight is 200 g/mol. The molecule has 0 spiro atoms. The summed E-state index contributed by atoms with van der Waals surface area (Å²) in [5.74, 6) is 0.222. The molecule has 0 bridgehead atoms. The molecule has 0 N–H and O–H groups in total. The molecule has 2 aliphatic heterocycles. The molecule has 2 aliphatic rings. The second-order valence-electron chi connectivity index (χ2n) is 3.71. The maximum Gasteiger partial charge on any atom is 0.308 e. The lowest BCUT2D eigenvalue weighted by atomic mass is 10.2. The van der Waals surface area contributed by atoms with Crippen LogP contribution in [0, 0.1) is 11.8 Å². The highest BCUT2D eigenvalue weighted by Gasteiger charge is 2.20. The van der Waals surface area contributed by atoms with E-state index in [4.69, 9.17) is 0 Å². The average Bonchev–Trinajstić information content (AvgIpc) is 2.67. The first-order valence-corrected chi connectivity index (χ1v) is 4.94. The standard InChI is InChI=1S/2C5H8O2/c2*1-4-2-3-7-5(4)6/h2*4H,2-3H2,1H3. The van der Waals surface area contributed by atoms with Gasteiger partial charge in [0.25, 0.3) is 0 Å². The molecule has 14 heavy (non-hydrogen) atoms. The lowest BCUT2D eigenvalue weighted by molar-refractivity contribution is -0.141. The van der Waals surface area contributed by atoms with Crippen LogP contribution in [0.25, 0.3) is 0 Å². The van der Waals surface area contributed by atoms with Gasteiger partial charge in [-0.25, -0.2) is 0 Å². The molecule has 2 unspecified atom stereocenters. The van der Waals surface area contributed by atoms with Gasteiger partial charge in [0.2, 0.25) is 0 Å². The highest BCUT2D eigenvalue weighted by atomic mass is 16.5. The highest BCUT2D eigenvalue weighted by Crippen LogP contribution is 2.12. The quantitative estimate of drug-likeness (QED) is 0.550. The van der Waals surface area contributed by atoms with Gasteiger partial charge in [-0.05, 0) is 12.8 Å². The Bertz CT molecular complexity index is 200. The van der Waals surface area contributed by atoms with E-state index in [1.807, 2.05) is 13.8 Å². The van der Waals surface area contributed by atoms with E-state index >= 15 is 0 Å². The van der Waals surface area contributed by atoms with Crippen molar-refractivity contribution in [1.82, 2.24) is 0 Å². The summed E-state index contributed by atoms with van der Waals surface area (Å²) < 4.78 is 9.25. The third kappa shape index (κ3) is 3.01. The Kier molecular flexibility index (Phi) is 3.92. The van der Waals surface area contributed by atoms with Gasteiger partial charge in [-0.2, -0.15) is 0 Å². The van der Waals surface area contributed by atoms with Crippen LogP contribution in [-0.2, 0) is 19.1 Å². The summed E-state index contributed by atoms with van der Waals surface area (Å²) >= 11 is 0. The van der Waals surface area contributed by atoms with Gasteiger partial charge in [0.05, 0.1) is 25.0 Å². The van der Waals surface area contributed by atoms with Crippen molar-refractivity contribution in [3.63, 3.8) is 0 Å². The van der Waals surface area contributed by atoms with Crippen molar-refractivity contribution >= 4 is 11.9 Å². The monoisotopic (exact) mass is 200 g/mol. The number of rotatable bonds is 0. The van der Waals surface area contributed by atoms with Crippen LogP contribution < -0.4 is 0 Å². The van der Waals surface area contributed by atoms with Crippen LogP contribution in [0.5, 0.6) is 0 Å². The zero-order chi connectivity index (χ0) is 10.6. The Balaban J connectivity index is 0.000000140. The molecule has 0 aromatic heterocycles. The van der Waals surface area contributed by atoms with E-state index < -0.39 is 0 Å². The molecule has 0 radical (unpaired) electrons. The van der Waals surface area contributed by atoms with E-state index in [1.165, 1.54) is 0 Å². The SMILES string of the molecule is CC1CCOC1=O.CC1CCOC1=O. The second-order valence-corrected chi connectivity index (χ2v) is 3.71. The lowest BCUT2D eigenvalue weighted by Gasteiger charge is -1.88. The van der Waals surface area contributed by atoms with Crippen LogP contribution >= 0.6 is 0 Å². The number of hydrogen-bond acceptors (Lipinski definition) is 4. The molecule has 2 atom stereocenters. The van der Waals surface area contributed by atoms with Gasteiger partial charge < -0.3 is 9.47 Å². The highest BCUT2D eigenvalue weighted by molar-refractivity contribution is 5.73. The number of carbonyl (C=O) groups excluding carboxylic acids is 2. The summed E-state index contributed by atoms with van der Waals surface area (Å²) in [5.41, 5.74) is 0. The molecular weight excluding hydrogens is 184 g/mol. The van der Waals surface area contributed by atoms with Gasteiger partial charge >= 0.3 is 11.9 Å². The fourth-order valence-corrected chi connectivity index (χ4v) is 1.19. The normalized spacial score (nSPS) is 30.4. The van der Waals surface area contributed by atoms with Crippen LogP contribution in [0.4, 0.5) is 0 Å². The third-order valence-electron chi connectivity index (χ3n) is 2.40. The molecule has 0 aromatic carbocycles. The van der Waals surface area contributed by atoms with Gasteiger partial charge in [0, 0.05) is 0 Å². The Morgan fingerprint density at radius 2 is 1.29 bits per heavy atom. The topological polar surface area (TPSA) is 52.6 Å². The Labute approximate surface area is 83.6 Å². The van der Waals surface area contributed by atoms with Gasteiger partial charge in [-0.1, -0.05) is 13.8 Å². The minimum Gasteiger partial charge on any atom is -0.465 e. The van der Waals surface area contributed by atoms with Crippen molar-refractivity contribution in [2.75, 3.05) is 13.2 Å². The van der Waals surface area contributed by atoms with E-state index in [2.05, 4.69) is 9.47 Å². The van der Waals surface area contributed by atoms with Gasteiger partial charge in [-0.15, -0.1) is 0 Å². The fraction of sp³-hybridized carbons (Fsp3) is 0.800. The summed E-state index contributed by atoms with van der Waals surface area (Å²) in [6.07, 6.45) is 1.80. The molecule has 0 aromatic rings. The number of cyclic esters (lactones) is 2. The third-order valence-corrected chi connectivity index (χ3v) is 2.40. The molecule has 2 fully saturated rings. The van der Waals surface area contributed by atoms with Gasteiger partial charge in [-0.3, -0.25) is 9.59 Å². The number of ether oxygens (including phenoxy) is 2. The summed E-state index contributed by atoms with van der Waals surface area (Å²) in [5, 5.41) is 0. The predicted molar refractivity (Wildman–Crippen MR) is 49.5 cm³/mol. The minimum atomic E-state index is -0.0417. The number of hydrogen-bond donors (Lipinski definition) is 0. The molecule has 2 saturated heterocycles. The van der Waals surface area contributed by atoms with Crippen molar-refractivity contribution in [1.29, 1.82) is 0 Å². The maximum absolute atomic E-state index is 10.4. The minimum absolute atomic E-state index is 0.0417. The van der Waals surface area contributed by atoms with Crippen molar-refractivity contribution in [2.45, 2.75) is 26.7 Å². The van der Waals surface area contributed by atoms with Gasteiger partial charge in [0.1, 0.15) is 0 Å². The first-order chi connectivity index (χ1) is 6.61. The molecule has 4 nitrogen and oxygen atoms in total. The van der Waals surface area contributed by atoms with Crippen molar-refractivity contribution in [2.24, 2.45) is 11.8 Å². The molecule has 4 heteroatoms. The molecule has 2 rings (SSSR count). The van der Waals surface area contributed by atoms with E-state index in [1.54, 1.807) is 0 Å². The number of carbonyl (C=O) groups is 2. The summed E-state index contributed by atoms with van der Waals surface area (Å²) in [6.45, 7) is 5.02. The van der Waals surface area contributed by atoms with E-state index in [0.717, 1.165) is 12.8 Å². The van der Waals surface area contributed by atoms with Crippen LogP contribution in [-0.4, -0.2) is 25.2 Å². The van der Waals surface area contributed by atoms with Crippen LogP contribution in [0.2, 0.25) is 0 Å². The Morgan fingerprint density at radius 1 is 0.929 bits per heavy atom. The smallest absolute Gasteiger partial charge is 0.308 e. The summed E-state index contributed by atoms with van der Waals surface area (Å²) in [6, 6.07) is 0. The van der Waals surface area contributed by atoms with E-state index in [-0.39, 0.29) is 23.8 Å². The van der Waals surface area contributed by atoms with Crippen molar-refractivity contribution in [3.05, 3.63) is 0 Å². The van der Waals surface area contributed by atoms with Crippen LogP contribution in [0.15, 0.2) is 0 Å². The lowest BCUT2D eigenvalue weighted by Crippen LogP contribution is -2.00. The Morgan fingerprint density at radius 3 is 1.36 bits per heavy atom. The predicted octanol–water partition coefficient (Wildman–Crippen LogP) is 1.14. The molecular formula is C10H16O4. The van der Waals surface area contributed by atoms with Crippen molar-refractivity contribution < 1.29 is 19.1 Å².